The van der Waals surface area contributed by atoms with Gasteiger partial charge in [-0.05, 0) is 45.9 Å². The van der Waals surface area contributed by atoms with Crippen LogP contribution in [0.1, 0.15) is 89.5 Å². The Morgan fingerprint density at radius 1 is 0.711 bits per heavy atom. The van der Waals surface area contributed by atoms with Crippen LogP contribution in [0.4, 0.5) is 11.4 Å². The lowest BCUT2D eigenvalue weighted by Gasteiger charge is -2.28. The maximum Gasteiger partial charge on any atom is 0.270 e. The molecule has 1 fully saturated rings. The van der Waals surface area contributed by atoms with E-state index in [1.54, 1.807) is 0 Å². The first-order chi connectivity index (χ1) is 17.6. The minimum absolute atomic E-state index is 0.146. The Hall–Kier alpha value is -3.82. The summed E-state index contributed by atoms with van der Waals surface area (Å²) in [6, 6.07) is 4.52. The number of benzene rings is 2. The SMILES string of the molecule is CC(C)(C)c1cc([N+](=O)[O-])cc(C=N[C@@H]2CCCC[C@H]2N=Cc2cc([N+](=O)[O-])cc(C(C)(C)C)c2[O-])c1[O-]. The first-order valence-electron chi connectivity index (χ1n) is 12.7. The number of nitrogens with zero attached hydrogens (tertiary/aromatic N) is 4. The molecular weight excluding hydrogens is 488 g/mol. The van der Waals surface area contributed by atoms with Crippen LogP contribution in [0, 0.1) is 20.2 Å². The Kier molecular flexibility index (Phi) is 8.24. The summed E-state index contributed by atoms with van der Waals surface area (Å²) >= 11 is 0. The highest BCUT2D eigenvalue weighted by molar-refractivity contribution is 5.86. The van der Waals surface area contributed by atoms with Crippen LogP contribution < -0.4 is 10.2 Å². The Morgan fingerprint density at radius 2 is 1.05 bits per heavy atom. The fourth-order valence-corrected chi connectivity index (χ4v) is 4.58. The quantitative estimate of drug-likeness (QED) is 0.292. The van der Waals surface area contributed by atoms with Gasteiger partial charge >= 0.3 is 0 Å². The largest absolute Gasteiger partial charge is 0.872 e. The third-order valence-electron chi connectivity index (χ3n) is 6.75. The number of hydrogen-bond donors (Lipinski definition) is 0. The maximum absolute atomic E-state index is 13.1. The van der Waals surface area contributed by atoms with E-state index in [2.05, 4.69) is 9.98 Å². The monoisotopic (exact) mass is 522 g/mol. The van der Waals surface area contributed by atoms with E-state index in [-0.39, 0.29) is 46.1 Å². The number of non-ortho nitro benzene ring substituents is 2. The van der Waals surface area contributed by atoms with Gasteiger partial charge in [0.2, 0.25) is 0 Å². The Balaban J connectivity index is 1.97. The van der Waals surface area contributed by atoms with Gasteiger partial charge in [0.25, 0.3) is 11.4 Å². The summed E-state index contributed by atoms with van der Waals surface area (Å²) in [5.41, 5.74) is -0.521. The highest BCUT2D eigenvalue weighted by Crippen LogP contribution is 2.36. The molecule has 1 aliphatic carbocycles. The third-order valence-corrected chi connectivity index (χ3v) is 6.75. The lowest BCUT2D eigenvalue weighted by atomic mass is 9.84. The van der Waals surface area contributed by atoms with Gasteiger partial charge in [-0.1, -0.05) is 65.9 Å². The van der Waals surface area contributed by atoms with Crippen molar-refractivity contribution >= 4 is 23.8 Å². The highest BCUT2D eigenvalue weighted by atomic mass is 16.6. The molecule has 10 nitrogen and oxygen atoms in total. The number of nitro groups is 2. The van der Waals surface area contributed by atoms with Gasteiger partial charge in [0, 0.05) is 36.7 Å². The molecule has 0 aliphatic heterocycles. The van der Waals surface area contributed by atoms with Crippen molar-refractivity contribution in [3.8, 4) is 11.5 Å². The van der Waals surface area contributed by atoms with Crippen molar-refractivity contribution in [1.82, 2.24) is 0 Å². The molecule has 0 bridgehead atoms. The van der Waals surface area contributed by atoms with Crippen LogP contribution in [-0.2, 0) is 10.8 Å². The van der Waals surface area contributed by atoms with Gasteiger partial charge in [-0.15, -0.1) is 0 Å². The van der Waals surface area contributed by atoms with E-state index in [0.717, 1.165) is 12.8 Å². The number of rotatable bonds is 6. The average Bonchev–Trinajstić information content (AvgIpc) is 2.81. The fraction of sp³-hybridized carbons (Fsp3) is 0.500. The van der Waals surface area contributed by atoms with Crippen LogP contribution >= 0.6 is 0 Å². The van der Waals surface area contributed by atoms with E-state index in [9.17, 15) is 30.4 Å². The van der Waals surface area contributed by atoms with Crippen molar-refractivity contribution < 1.29 is 20.1 Å². The summed E-state index contributed by atoms with van der Waals surface area (Å²) in [7, 11) is 0. The molecule has 10 heteroatoms. The molecule has 0 saturated heterocycles. The van der Waals surface area contributed by atoms with E-state index in [0.29, 0.717) is 24.0 Å². The molecule has 1 saturated carbocycles. The summed E-state index contributed by atoms with van der Waals surface area (Å²) in [4.78, 5) is 31.1. The second kappa shape index (κ2) is 10.9. The molecule has 3 rings (SSSR count). The zero-order chi connectivity index (χ0) is 28.4. The molecule has 2 aromatic carbocycles. The first-order valence-corrected chi connectivity index (χ1v) is 12.7. The van der Waals surface area contributed by atoms with Crippen LogP contribution in [0.5, 0.6) is 11.5 Å². The third kappa shape index (κ3) is 6.54. The molecule has 0 heterocycles. The Labute approximate surface area is 222 Å². The topological polar surface area (TPSA) is 157 Å². The highest BCUT2D eigenvalue weighted by Gasteiger charge is 2.25. The second-order valence-electron chi connectivity index (χ2n) is 11.8. The molecule has 0 aromatic heterocycles. The molecule has 0 amide bonds. The molecule has 204 valence electrons. The number of hydrogen-bond acceptors (Lipinski definition) is 8. The molecule has 0 unspecified atom stereocenters. The zero-order valence-corrected chi connectivity index (χ0v) is 22.7. The lowest BCUT2D eigenvalue weighted by molar-refractivity contribution is -0.385. The van der Waals surface area contributed by atoms with Crippen molar-refractivity contribution in [2.24, 2.45) is 9.98 Å². The van der Waals surface area contributed by atoms with Gasteiger partial charge < -0.3 is 10.2 Å². The smallest absolute Gasteiger partial charge is 0.270 e. The van der Waals surface area contributed by atoms with Crippen LogP contribution in [0.2, 0.25) is 0 Å². The van der Waals surface area contributed by atoms with E-state index in [1.807, 2.05) is 41.5 Å². The molecule has 0 N–H and O–H groups in total. The maximum atomic E-state index is 13.1. The summed E-state index contributed by atoms with van der Waals surface area (Å²) in [6.07, 6.45) is 5.98. The standard InChI is InChI=1S/C28H36N4O6/c1-27(2,3)21-13-19(31(35)36)11-17(25(21)33)15-29-23-9-7-8-10-24(23)30-16-18-12-20(32(37)38)14-22(26(18)34)28(4,5)6/h11-16,23-24,33-34H,7-10H2,1-6H3/p-2/t23-,24-/m1/s1. The van der Waals surface area contributed by atoms with Crippen LogP contribution in [0.15, 0.2) is 34.3 Å². The van der Waals surface area contributed by atoms with Crippen molar-refractivity contribution in [2.75, 3.05) is 0 Å². The fourth-order valence-electron chi connectivity index (χ4n) is 4.58. The van der Waals surface area contributed by atoms with Gasteiger partial charge in [0.1, 0.15) is 0 Å². The average molecular weight is 523 g/mol. The number of aliphatic imine (C=N–C) groups is 2. The van der Waals surface area contributed by atoms with Crippen molar-refractivity contribution in [3.05, 3.63) is 66.7 Å². The van der Waals surface area contributed by atoms with Gasteiger partial charge in [0.15, 0.2) is 0 Å². The molecule has 38 heavy (non-hydrogen) atoms. The summed E-state index contributed by atoms with van der Waals surface area (Å²) < 4.78 is 0. The molecule has 0 radical (unpaired) electrons. The molecule has 2 atom stereocenters. The van der Waals surface area contributed by atoms with Crippen LogP contribution in [-0.4, -0.2) is 34.4 Å². The summed E-state index contributed by atoms with van der Waals surface area (Å²) in [5, 5.41) is 49.1. The molecule has 1 aliphatic rings. The van der Waals surface area contributed by atoms with E-state index >= 15 is 0 Å². The zero-order valence-electron chi connectivity index (χ0n) is 22.7. The molecule has 2 aromatic rings. The Bertz CT molecular complexity index is 1190. The van der Waals surface area contributed by atoms with Crippen molar-refractivity contribution in [2.45, 2.75) is 90.1 Å². The first kappa shape index (κ1) is 28.7. The summed E-state index contributed by atoms with van der Waals surface area (Å²) in [6.45, 7) is 10.9. The van der Waals surface area contributed by atoms with Gasteiger partial charge in [-0.25, -0.2) is 0 Å². The minimum atomic E-state index is -0.580. The van der Waals surface area contributed by atoms with Crippen molar-refractivity contribution in [3.63, 3.8) is 0 Å². The molecule has 0 spiro atoms. The summed E-state index contributed by atoms with van der Waals surface area (Å²) in [5.74, 6) is -0.602. The van der Waals surface area contributed by atoms with Gasteiger partial charge in [-0.3, -0.25) is 30.2 Å². The van der Waals surface area contributed by atoms with E-state index in [4.69, 9.17) is 0 Å². The predicted octanol–water partition coefficient (Wildman–Crippen LogP) is 5.09. The Morgan fingerprint density at radius 3 is 1.34 bits per heavy atom. The lowest BCUT2D eigenvalue weighted by Crippen LogP contribution is -2.27. The van der Waals surface area contributed by atoms with Crippen LogP contribution in [0.25, 0.3) is 0 Å². The second-order valence-corrected chi connectivity index (χ2v) is 11.8. The number of nitro benzene ring substituents is 2. The van der Waals surface area contributed by atoms with Gasteiger partial charge in [-0.2, -0.15) is 0 Å². The van der Waals surface area contributed by atoms with Crippen LogP contribution in [0.3, 0.4) is 0 Å². The molecular formula is C28H34N4O6-2. The minimum Gasteiger partial charge on any atom is -0.872 e. The van der Waals surface area contributed by atoms with E-state index < -0.39 is 20.7 Å². The van der Waals surface area contributed by atoms with E-state index in [1.165, 1.54) is 36.7 Å². The van der Waals surface area contributed by atoms with Gasteiger partial charge in [0.05, 0.1) is 21.9 Å². The van der Waals surface area contributed by atoms with Crippen molar-refractivity contribution in [1.29, 1.82) is 0 Å². The normalized spacial score (nSPS) is 18.8. The predicted molar refractivity (Wildman–Crippen MR) is 144 cm³/mol.